The van der Waals surface area contributed by atoms with Gasteiger partial charge in [0.25, 0.3) is 11.8 Å². The van der Waals surface area contributed by atoms with Gasteiger partial charge in [-0.2, -0.15) is 10.2 Å². The van der Waals surface area contributed by atoms with Gasteiger partial charge in [-0.15, -0.1) is 0 Å². The molecule has 9 N–H and O–H groups in total. The van der Waals surface area contributed by atoms with Crippen molar-refractivity contribution in [3.05, 3.63) is 82.5 Å². The normalized spacial score (nSPS) is 13.8. The van der Waals surface area contributed by atoms with Crippen LogP contribution in [0, 0.1) is 13.8 Å². The first kappa shape index (κ1) is 57.4. The summed E-state index contributed by atoms with van der Waals surface area (Å²) in [4.78, 5) is 67.2. The Balaban J connectivity index is 1.10. The number of benzene rings is 2. The number of amides is 4. The number of hydrogen-bond acceptors (Lipinski definition) is 18. The zero-order valence-electron chi connectivity index (χ0n) is 44.0. The van der Waals surface area contributed by atoms with Gasteiger partial charge in [0.2, 0.25) is 23.7 Å². The largest absolute Gasteiger partial charge is 0.494 e. The number of ether oxygens (including phenoxy) is 5. The number of carbonyl (C=O) groups excluding carboxylic acids is 4. The van der Waals surface area contributed by atoms with Gasteiger partial charge < -0.3 is 64.5 Å². The molecule has 0 spiro atoms. The number of nitrogens with two attached hydrogens (primary N) is 2. The third-order valence-corrected chi connectivity index (χ3v) is 12.6. The first-order valence-electron chi connectivity index (χ1n) is 25.5. The predicted molar refractivity (Wildman–Crippen MR) is 283 cm³/mol. The molecule has 4 amide bonds. The Hall–Kier alpha value is -7.30. The summed E-state index contributed by atoms with van der Waals surface area (Å²) in [6, 6.07) is 9.31. The van der Waals surface area contributed by atoms with E-state index < -0.39 is 36.3 Å². The summed E-state index contributed by atoms with van der Waals surface area (Å²) in [5.41, 5.74) is 14.9. The number of imidazole rings is 2. The highest BCUT2D eigenvalue weighted by Gasteiger charge is 2.25. The molecule has 0 radical (unpaired) electrons. The van der Waals surface area contributed by atoms with E-state index in [1.54, 1.807) is 51.9 Å². The molecule has 6 aromatic rings. The van der Waals surface area contributed by atoms with E-state index >= 15 is 0 Å². The summed E-state index contributed by atoms with van der Waals surface area (Å²) >= 11 is 0. The number of allylic oxidation sites excluding steroid dienone is 2. The number of carbonyl (C=O) groups is 4. The maximum absolute atomic E-state index is 14.0. The fourth-order valence-electron chi connectivity index (χ4n) is 8.85. The monoisotopic (exact) mass is 1070 g/mol. The summed E-state index contributed by atoms with van der Waals surface area (Å²) in [6.45, 7) is 13.5. The Morgan fingerprint density at radius 2 is 1.17 bits per heavy atom. The molecule has 0 saturated carbocycles. The molecule has 1 aliphatic heterocycles. The Morgan fingerprint density at radius 3 is 1.69 bits per heavy atom. The molecule has 0 bridgehead atoms. The number of anilines is 2. The van der Waals surface area contributed by atoms with Gasteiger partial charge in [-0.25, -0.2) is 9.97 Å². The lowest BCUT2D eigenvalue weighted by molar-refractivity contribution is 0.00254. The van der Waals surface area contributed by atoms with Crippen LogP contribution in [-0.4, -0.2) is 199 Å². The number of primary amides is 2. The van der Waals surface area contributed by atoms with E-state index in [0.717, 1.165) is 39.3 Å². The zero-order valence-corrected chi connectivity index (χ0v) is 44.0. The van der Waals surface area contributed by atoms with Gasteiger partial charge in [0.15, 0.2) is 0 Å². The molecule has 416 valence electrons. The van der Waals surface area contributed by atoms with Crippen LogP contribution in [0.25, 0.3) is 22.1 Å². The van der Waals surface area contributed by atoms with Crippen molar-refractivity contribution in [2.24, 2.45) is 11.5 Å². The summed E-state index contributed by atoms with van der Waals surface area (Å²) < 4.78 is 34.9. The summed E-state index contributed by atoms with van der Waals surface area (Å²) in [5.74, 6) is -1.67. The fraction of sp³-hybridized carbons (Fsp3) is 0.490. The van der Waals surface area contributed by atoms with E-state index in [0.29, 0.717) is 104 Å². The average Bonchev–Trinajstić information content (AvgIpc) is 4.27. The average molecular weight is 1070 g/mol. The molecule has 1 unspecified atom stereocenters. The molecule has 26 heteroatoms. The van der Waals surface area contributed by atoms with Crippen molar-refractivity contribution in [1.82, 2.24) is 48.5 Å². The Bertz CT molecular complexity index is 3010. The molecule has 2 aromatic carbocycles. The molecule has 77 heavy (non-hydrogen) atoms. The van der Waals surface area contributed by atoms with Gasteiger partial charge >= 0.3 is 0 Å². The number of nitrogens with one attached hydrogen (secondary N) is 2. The van der Waals surface area contributed by atoms with Crippen LogP contribution in [0.5, 0.6) is 11.5 Å². The molecule has 1 atom stereocenters. The van der Waals surface area contributed by atoms with Crippen molar-refractivity contribution in [2.45, 2.75) is 59.5 Å². The Morgan fingerprint density at radius 1 is 0.675 bits per heavy atom. The maximum atomic E-state index is 14.0. The second kappa shape index (κ2) is 27.7. The summed E-state index contributed by atoms with van der Waals surface area (Å²) in [7, 11) is 1.43. The van der Waals surface area contributed by atoms with Crippen LogP contribution in [0.15, 0.2) is 48.6 Å². The SMILES string of the molecule is CCn1nc(C)cc1C(=O)Nc1nc2cc(C(N)=O)cc(OCCCN3CCN(CCOCCOCCOCCO)CC3)c2n1C/C=C/Cn1c(NC(=O)c2cc(C)nn2CC(O)CO)nc2cc(C(N)=O)cc(OC)c21. The number of nitrogens with zero attached hydrogens (tertiary/aromatic N) is 10. The summed E-state index contributed by atoms with van der Waals surface area (Å²) in [6.07, 6.45) is 3.12. The van der Waals surface area contributed by atoms with Crippen LogP contribution in [0.2, 0.25) is 0 Å². The number of piperazine rings is 1. The quantitative estimate of drug-likeness (QED) is 0.0237. The van der Waals surface area contributed by atoms with Gasteiger partial charge in [0, 0.05) is 70.0 Å². The second-order valence-corrected chi connectivity index (χ2v) is 18.2. The molecule has 7 rings (SSSR count). The molecular weight excluding hydrogens is 1000 g/mol. The van der Waals surface area contributed by atoms with Crippen LogP contribution in [0.3, 0.4) is 0 Å². The maximum Gasteiger partial charge on any atom is 0.276 e. The van der Waals surface area contributed by atoms with Gasteiger partial charge in [0.05, 0.1) is 102 Å². The third kappa shape index (κ3) is 15.0. The molecule has 26 nitrogen and oxygen atoms in total. The van der Waals surface area contributed by atoms with Crippen molar-refractivity contribution >= 4 is 57.6 Å². The number of aromatic nitrogens is 8. The van der Waals surface area contributed by atoms with E-state index in [1.165, 1.54) is 30.0 Å². The molecule has 1 aliphatic rings. The number of hydrogen-bond donors (Lipinski definition) is 7. The van der Waals surface area contributed by atoms with Crippen molar-refractivity contribution < 1.29 is 58.2 Å². The van der Waals surface area contributed by atoms with Crippen LogP contribution in [0.4, 0.5) is 11.9 Å². The highest BCUT2D eigenvalue weighted by molar-refractivity contribution is 6.05. The highest BCUT2D eigenvalue weighted by Crippen LogP contribution is 2.33. The van der Waals surface area contributed by atoms with Gasteiger partial charge in [-0.1, -0.05) is 12.2 Å². The lowest BCUT2D eigenvalue weighted by Gasteiger charge is -2.34. The second-order valence-electron chi connectivity index (χ2n) is 18.2. The molecular formula is C51H70N14O12. The van der Waals surface area contributed by atoms with Crippen molar-refractivity contribution in [1.29, 1.82) is 0 Å². The minimum atomic E-state index is -1.17. The van der Waals surface area contributed by atoms with Crippen LogP contribution >= 0.6 is 0 Å². The van der Waals surface area contributed by atoms with Crippen LogP contribution in [-0.2, 0) is 40.4 Å². The van der Waals surface area contributed by atoms with E-state index in [4.69, 9.17) is 45.2 Å². The minimum Gasteiger partial charge on any atom is -0.494 e. The molecule has 1 saturated heterocycles. The number of rotatable bonds is 31. The van der Waals surface area contributed by atoms with Crippen molar-refractivity contribution in [3.8, 4) is 11.5 Å². The first-order chi connectivity index (χ1) is 37.2. The zero-order chi connectivity index (χ0) is 55.0. The number of aliphatic hydroxyl groups is 3. The van der Waals surface area contributed by atoms with Gasteiger partial charge in [0.1, 0.15) is 33.9 Å². The minimum absolute atomic E-state index is 0.00943. The number of fused-ring (bicyclic) bond motifs is 2. The fourth-order valence-corrected chi connectivity index (χ4v) is 8.85. The van der Waals surface area contributed by atoms with Crippen molar-refractivity contribution in [2.75, 3.05) is 116 Å². The first-order valence-corrected chi connectivity index (χ1v) is 25.5. The van der Waals surface area contributed by atoms with Gasteiger partial charge in [-0.3, -0.25) is 44.1 Å². The molecule has 1 fully saturated rings. The topological polar surface area (TPSA) is 329 Å². The smallest absolute Gasteiger partial charge is 0.276 e. The number of aliphatic hydroxyl groups excluding tert-OH is 3. The lowest BCUT2D eigenvalue weighted by Crippen LogP contribution is -2.47. The van der Waals surface area contributed by atoms with E-state index in [-0.39, 0.29) is 60.7 Å². The lowest BCUT2D eigenvalue weighted by atomic mass is 10.1. The Labute approximate surface area is 444 Å². The summed E-state index contributed by atoms with van der Waals surface area (Å²) in [5, 5.41) is 43.0. The standard InChI is InChI=1S/C51H70N14O12/c1-5-64-40(25-33(2)58-64)48(71)56-51-55-39-28-36(47(53)70)30-43(77-18-8-9-60-12-14-61(15-13-60)16-19-74-21-23-76-24-22-75-20-17-66)45(39)63(51)11-7-6-10-62-44-38(27-35(46(52)69)29-42(44)73-4)54-50(62)57-49(72)41-26-34(3)59-65(41)31-37(68)32-67/h6-7,25-30,37,66-68H,5,8-24,31-32H2,1-4H3,(H2,52,69)(H2,53,70)(H,54,57,72)(H,55,56,71)/b7-6+. The third-order valence-electron chi connectivity index (χ3n) is 12.6. The van der Waals surface area contributed by atoms with Crippen LogP contribution < -0.4 is 31.6 Å². The number of methoxy groups -OCH3 is 1. The predicted octanol–water partition coefficient (Wildman–Crippen LogP) is 1.16. The van der Waals surface area contributed by atoms with Crippen LogP contribution in [0.1, 0.15) is 66.4 Å². The highest BCUT2D eigenvalue weighted by atomic mass is 16.5. The van der Waals surface area contributed by atoms with Gasteiger partial charge in [-0.05, 0) is 63.6 Å². The van der Waals surface area contributed by atoms with E-state index in [2.05, 4.69) is 35.6 Å². The molecule has 5 heterocycles. The number of aryl methyl sites for hydroxylation is 3. The van der Waals surface area contributed by atoms with Crippen molar-refractivity contribution in [3.63, 3.8) is 0 Å². The van der Waals surface area contributed by atoms with E-state index in [9.17, 15) is 29.4 Å². The molecule has 4 aromatic heterocycles. The Kier molecular flexibility index (Phi) is 20.6. The molecule has 0 aliphatic carbocycles. The van der Waals surface area contributed by atoms with E-state index in [1.807, 2.05) is 13.0 Å².